The summed E-state index contributed by atoms with van der Waals surface area (Å²) < 4.78 is 0. The molecular formula is C16H18Cl2N2O2. The largest absolute Gasteiger partial charge is 0.341 e. The van der Waals surface area contributed by atoms with Crippen molar-refractivity contribution in [3.8, 4) is 0 Å². The number of rotatable bonds is 2. The number of carbonyl (C=O) groups excluding carboxylic acids is 2. The Labute approximate surface area is 140 Å². The van der Waals surface area contributed by atoms with Crippen molar-refractivity contribution in [3.05, 3.63) is 33.8 Å². The highest BCUT2D eigenvalue weighted by atomic mass is 35.5. The Morgan fingerprint density at radius 3 is 2.23 bits per heavy atom. The van der Waals surface area contributed by atoms with Crippen molar-refractivity contribution in [3.63, 3.8) is 0 Å². The molecule has 1 atom stereocenters. The highest BCUT2D eigenvalue weighted by Gasteiger charge is 2.37. The topological polar surface area (TPSA) is 40.6 Å². The Morgan fingerprint density at radius 1 is 0.955 bits per heavy atom. The molecule has 2 amide bonds. The Kier molecular flexibility index (Phi) is 4.59. The van der Waals surface area contributed by atoms with Crippen LogP contribution in [-0.4, -0.2) is 47.3 Å². The van der Waals surface area contributed by atoms with Gasteiger partial charge in [0.1, 0.15) is 6.04 Å². The van der Waals surface area contributed by atoms with E-state index in [1.54, 1.807) is 23.1 Å². The Bertz CT molecular complexity index is 580. The van der Waals surface area contributed by atoms with Crippen LogP contribution < -0.4 is 0 Å². The predicted octanol–water partition coefficient (Wildman–Crippen LogP) is 3.22. The first-order valence-electron chi connectivity index (χ1n) is 7.62. The Hall–Kier alpha value is -1.26. The van der Waals surface area contributed by atoms with Crippen LogP contribution >= 0.6 is 23.2 Å². The van der Waals surface area contributed by atoms with E-state index in [-0.39, 0.29) is 17.9 Å². The van der Waals surface area contributed by atoms with Crippen LogP contribution in [0.1, 0.15) is 36.0 Å². The smallest absolute Gasteiger partial charge is 0.254 e. The molecule has 0 aromatic heterocycles. The Morgan fingerprint density at radius 2 is 1.59 bits per heavy atom. The fourth-order valence-corrected chi connectivity index (χ4v) is 3.78. The normalized spacial score (nSPS) is 21.5. The first kappa shape index (κ1) is 15.6. The highest BCUT2D eigenvalue weighted by Crippen LogP contribution is 2.26. The van der Waals surface area contributed by atoms with Crippen molar-refractivity contribution in [1.29, 1.82) is 0 Å². The summed E-state index contributed by atoms with van der Waals surface area (Å²) in [6, 6.07) is 4.46. The molecule has 2 heterocycles. The fourth-order valence-electron chi connectivity index (χ4n) is 3.26. The fraction of sp³-hybridized carbons (Fsp3) is 0.500. The van der Waals surface area contributed by atoms with E-state index < -0.39 is 0 Å². The summed E-state index contributed by atoms with van der Waals surface area (Å²) in [5, 5.41) is 0.856. The maximum Gasteiger partial charge on any atom is 0.254 e. The molecule has 3 rings (SSSR count). The van der Waals surface area contributed by atoms with Gasteiger partial charge in [-0.1, -0.05) is 23.2 Å². The summed E-state index contributed by atoms with van der Waals surface area (Å²) in [7, 11) is 0. The van der Waals surface area contributed by atoms with Gasteiger partial charge < -0.3 is 9.80 Å². The molecular weight excluding hydrogens is 323 g/mol. The molecule has 4 nitrogen and oxygen atoms in total. The number of benzene rings is 1. The molecule has 2 aliphatic heterocycles. The van der Waals surface area contributed by atoms with E-state index in [9.17, 15) is 9.59 Å². The molecule has 0 aliphatic carbocycles. The molecule has 0 spiro atoms. The first-order valence-corrected chi connectivity index (χ1v) is 8.38. The summed E-state index contributed by atoms with van der Waals surface area (Å²) in [6.07, 6.45) is 3.69. The molecule has 2 aliphatic rings. The van der Waals surface area contributed by atoms with Gasteiger partial charge in [-0.2, -0.15) is 0 Å². The molecule has 0 radical (unpaired) electrons. The van der Waals surface area contributed by atoms with E-state index in [0.717, 1.165) is 38.8 Å². The van der Waals surface area contributed by atoms with E-state index in [1.165, 1.54) is 0 Å². The van der Waals surface area contributed by atoms with Gasteiger partial charge in [-0.3, -0.25) is 9.59 Å². The van der Waals surface area contributed by atoms with Gasteiger partial charge in [0, 0.05) is 35.2 Å². The summed E-state index contributed by atoms with van der Waals surface area (Å²) in [4.78, 5) is 28.9. The summed E-state index contributed by atoms with van der Waals surface area (Å²) in [5.74, 6) is -0.0871. The van der Waals surface area contributed by atoms with Crippen molar-refractivity contribution in [2.24, 2.45) is 0 Å². The maximum atomic E-state index is 12.7. The third-order valence-corrected chi connectivity index (χ3v) is 4.76. The number of carbonyl (C=O) groups is 2. The zero-order chi connectivity index (χ0) is 15.7. The molecule has 0 saturated carbocycles. The molecule has 1 aromatic carbocycles. The van der Waals surface area contributed by atoms with Gasteiger partial charge >= 0.3 is 0 Å². The van der Waals surface area contributed by atoms with Crippen molar-refractivity contribution in [2.75, 3.05) is 19.6 Å². The minimum atomic E-state index is -0.344. The second-order valence-electron chi connectivity index (χ2n) is 5.85. The van der Waals surface area contributed by atoms with Crippen LogP contribution in [0.2, 0.25) is 10.0 Å². The monoisotopic (exact) mass is 340 g/mol. The van der Waals surface area contributed by atoms with Crippen LogP contribution in [0.5, 0.6) is 0 Å². The van der Waals surface area contributed by atoms with Crippen molar-refractivity contribution in [1.82, 2.24) is 9.80 Å². The van der Waals surface area contributed by atoms with Gasteiger partial charge in [0.15, 0.2) is 0 Å². The number of likely N-dealkylation sites (tertiary alicyclic amines) is 2. The quantitative estimate of drug-likeness (QED) is 0.829. The van der Waals surface area contributed by atoms with Gasteiger partial charge in [-0.25, -0.2) is 0 Å². The lowest BCUT2D eigenvalue weighted by atomic mass is 10.1. The summed E-state index contributed by atoms with van der Waals surface area (Å²) >= 11 is 11.9. The molecule has 118 valence electrons. The molecule has 1 aromatic rings. The third-order valence-electron chi connectivity index (χ3n) is 4.33. The maximum absolute atomic E-state index is 12.7. The number of amides is 2. The lowest BCUT2D eigenvalue weighted by molar-refractivity contribution is -0.134. The standard InChI is InChI=1S/C16H18Cl2N2O2/c17-12-8-11(9-13(18)10-12)15(21)20-7-3-4-14(20)16(22)19-5-1-2-6-19/h8-10,14H,1-7H2. The van der Waals surface area contributed by atoms with Crippen LogP contribution in [-0.2, 0) is 4.79 Å². The molecule has 6 heteroatoms. The summed E-state index contributed by atoms with van der Waals surface area (Å²) in [6.45, 7) is 2.22. The van der Waals surface area contributed by atoms with Crippen LogP contribution in [0, 0.1) is 0 Å². The minimum absolute atomic E-state index is 0.0801. The third kappa shape index (κ3) is 3.08. The minimum Gasteiger partial charge on any atom is -0.341 e. The van der Waals surface area contributed by atoms with Crippen LogP contribution in [0.4, 0.5) is 0 Å². The van der Waals surface area contributed by atoms with E-state index in [2.05, 4.69) is 0 Å². The SMILES string of the molecule is O=C(C1CCCN1C(=O)c1cc(Cl)cc(Cl)c1)N1CCCC1. The van der Waals surface area contributed by atoms with Gasteiger partial charge in [-0.05, 0) is 43.9 Å². The lowest BCUT2D eigenvalue weighted by Crippen LogP contribution is -2.46. The van der Waals surface area contributed by atoms with Crippen molar-refractivity contribution < 1.29 is 9.59 Å². The molecule has 0 N–H and O–H groups in total. The zero-order valence-electron chi connectivity index (χ0n) is 12.2. The van der Waals surface area contributed by atoms with Crippen molar-refractivity contribution in [2.45, 2.75) is 31.7 Å². The van der Waals surface area contributed by atoms with E-state index in [4.69, 9.17) is 23.2 Å². The van der Waals surface area contributed by atoms with Gasteiger partial charge in [0.05, 0.1) is 0 Å². The second kappa shape index (κ2) is 6.47. The molecule has 1 unspecified atom stereocenters. The number of hydrogen-bond acceptors (Lipinski definition) is 2. The van der Waals surface area contributed by atoms with Gasteiger partial charge in [-0.15, -0.1) is 0 Å². The second-order valence-corrected chi connectivity index (χ2v) is 6.72. The zero-order valence-corrected chi connectivity index (χ0v) is 13.7. The molecule has 2 fully saturated rings. The van der Waals surface area contributed by atoms with E-state index in [1.807, 2.05) is 4.90 Å². The van der Waals surface area contributed by atoms with Crippen LogP contribution in [0.25, 0.3) is 0 Å². The van der Waals surface area contributed by atoms with Crippen LogP contribution in [0.15, 0.2) is 18.2 Å². The van der Waals surface area contributed by atoms with Gasteiger partial charge in [0.25, 0.3) is 5.91 Å². The number of hydrogen-bond donors (Lipinski definition) is 0. The van der Waals surface area contributed by atoms with Crippen LogP contribution in [0.3, 0.4) is 0 Å². The van der Waals surface area contributed by atoms with Gasteiger partial charge in [0.2, 0.25) is 5.91 Å². The summed E-state index contributed by atoms with van der Waals surface area (Å²) in [5.41, 5.74) is 0.443. The Balaban J connectivity index is 1.79. The first-order chi connectivity index (χ1) is 10.6. The van der Waals surface area contributed by atoms with Crippen molar-refractivity contribution >= 4 is 35.0 Å². The lowest BCUT2D eigenvalue weighted by Gasteiger charge is -2.28. The van der Waals surface area contributed by atoms with E-state index in [0.29, 0.717) is 22.2 Å². The molecule has 2 saturated heterocycles. The number of nitrogens with zero attached hydrogens (tertiary/aromatic N) is 2. The number of halogens is 2. The highest BCUT2D eigenvalue weighted by molar-refractivity contribution is 6.35. The molecule has 22 heavy (non-hydrogen) atoms. The predicted molar refractivity (Wildman–Crippen MR) is 86.3 cm³/mol. The van der Waals surface area contributed by atoms with E-state index >= 15 is 0 Å². The molecule has 0 bridgehead atoms. The average molecular weight is 341 g/mol. The average Bonchev–Trinajstić information content (AvgIpc) is 3.16.